The molecule has 1 aliphatic rings. The fourth-order valence-electron chi connectivity index (χ4n) is 2.95. The van der Waals surface area contributed by atoms with Gasteiger partial charge in [-0.2, -0.15) is 4.98 Å². The summed E-state index contributed by atoms with van der Waals surface area (Å²) in [6.45, 7) is 2.44. The lowest BCUT2D eigenvalue weighted by Crippen LogP contribution is -2.00. The molecular weight excluding hydrogens is 320 g/mol. The van der Waals surface area contributed by atoms with Crippen molar-refractivity contribution in [1.29, 1.82) is 0 Å². The van der Waals surface area contributed by atoms with Gasteiger partial charge in [0.05, 0.1) is 0 Å². The summed E-state index contributed by atoms with van der Waals surface area (Å²) in [5.74, 6) is 2.56. The van der Waals surface area contributed by atoms with Crippen molar-refractivity contribution in [2.24, 2.45) is 0 Å². The average molecular weight is 334 g/mol. The maximum absolute atomic E-state index is 5.93. The zero-order valence-electron chi connectivity index (χ0n) is 13.5. The van der Waals surface area contributed by atoms with Gasteiger partial charge in [0.15, 0.2) is 11.5 Å². The van der Waals surface area contributed by atoms with Crippen LogP contribution < -0.4 is 14.2 Å². The monoisotopic (exact) mass is 334 g/mol. The predicted octanol–water partition coefficient (Wildman–Crippen LogP) is 3.99. The van der Waals surface area contributed by atoms with Crippen molar-refractivity contribution in [3.8, 4) is 17.4 Å². The van der Waals surface area contributed by atoms with E-state index in [4.69, 9.17) is 18.6 Å². The van der Waals surface area contributed by atoms with Crippen LogP contribution in [-0.2, 0) is 6.61 Å². The summed E-state index contributed by atoms with van der Waals surface area (Å²) in [7, 11) is 0. The van der Waals surface area contributed by atoms with Gasteiger partial charge in [0.1, 0.15) is 23.5 Å². The molecule has 0 saturated carbocycles. The number of hydrogen-bond acceptors (Lipinski definition) is 6. The molecule has 3 heterocycles. The molecule has 25 heavy (non-hydrogen) atoms. The molecule has 6 nitrogen and oxygen atoms in total. The van der Waals surface area contributed by atoms with Crippen molar-refractivity contribution < 1.29 is 18.6 Å². The fraction of sp³-hybridized carbons (Fsp3) is 0.158. The fourth-order valence-corrected chi connectivity index (χ4v) is 2.95. The van der Waals surface area contributed by atoms with Gasteiger partial charge in [-0.15, -0.1) is 0 Å². The Morgan fingerprint density at radius 1 is 1.04 bits per heavy atom. The lowest BCUT2D eigenvalue weighted by Gasteiger charge is -2.07. The lowest BCUT2D eigenvalue weighted by atomic mass is 10.2. The SMILES string of the molecule is Cc1nc(OCc2ccc3c(c2)OCO3)c2oc3ccccc3c2n1. The van der Waals surface area contributed by atoms with Crippen LogP contribution in [0.1, 0.15) is 11.4 Å². The van der Waals surface area contributed by atoms with Gasteiger partial charge in [-0.25, -0.2) is 4.98 Å². The van der Waals surface area contributed by atoms with Crippen LogP contribution in [0.2, 0.25) is 0 Å². The summed E-state index contributed by atoms with van der Waals surface area (Å²) in [4.78, 5) is 8.91. The molecule has 6 heteroatoms. The first kappa shape index (κ1) is 14.1. The standard InChI is InChI=1S/C19H14N2O4/c1-11-20-17-13-4-2-3-5-14(13)25-18(17)19(21-11)22-9-12-6-7-15-16(8-12)24-10-23-15/h2-8H,9-10H2,1H3. The Balaban J connectivity index is 1.52. The molecule has 0 aliphatic carbocycles. The Kier molecular flexibility index (Phi) is 3.03. The maximum Gasteiger partial charge on any atom is 0.262 e. The van der Waals surface area contributed by atoms with Crippen molar-refractivity contribution in [1.82, 2.24) is 9.97 Å². The van der Waals surface area contributed by atoms with E-state index in [2.05, 4.69) is 9.97 Å². The molecule has 0 unspecified atom stereocenters. The molecule has 0 bridgehead atoms. The van der Waals surface area contributed by atoms with E-state index in [9.17, 15) is 0 Å². The van der Waals surface area contributed by atoms with Crippen molar-refractivity contribution in [3.05, 3.63) is 53.9 Å². The summed E-state index contributed by atoms with van der Waals surface area (Å²) in [6.07, 6.45) is 0. The number of ether oxygens (including phenoxy) is 3. The van der Waals surface area contributed by atoms with E-state index >= 15 is 0 Å². The summed E-state index contributed by atoms with van der Waals surface area (Å²) < 4.78 is 22.6. The minimum atomic E-state index is 0.254. The minimum absolute atomic E-state index is 0.254. The van der Waals surface area contributed by atoms with Crippen molar-refractivity contribution in [3.63, 3.8) is 0 Å². The number of para-hydroxylation sites is 1. The number of aromatic nitrogens is 2. The second-order valence-corrected chi connectivity index (χ2v) is 5.83. The summed E-state index contributed by atoms with van der Waals surface area (Å²) >= 11 is 0. The van der Waals surface area contributed by atoms with E-state index in [1.54, 1.807) is 0 Å². The molecule has 5 rings (SSSR count). The molecule has 2 aromatic heterocycles. The van der Waals surface area contributed by atoms with Crippen LogP contribution in [0.25, 0.3) is 22.1 Å². The quantitative estimate of drug-likeness (QED) is 0.564. The van der Waals surface area contributed by atoms with Gasteiger partial charge in [0.25, 0.3) is 5.88 Å². The summed E-state index contributed by atoms with van der Waals surface area (Å²) in [6, 6.07) is 13.5. The Labute approximate surface area is 143 Å². The van der Waals surface area contributed by atoms with Crippen LogP contribution in [0, 0.1) is 6.92 Å². The predicted molar refractivity (Wildman–Crippen MR) is 90.9 cm³/mol. The molecule has 124 valence electrons. The second kappa shape index (κ2) is 5.37. The maximum atomic E-state index is 5.93. The van der Waals surface area contributed by atoms with Gasteiger partial charge in [0.2, 0.25) is 12.4 Å². The summed E-state index contributed by atoms with van der Waals surface area (Å²) in [5.41, 5.74) is 3.06. The van der Waals surface area contributed by atoms with Gasteiger partial charge in [0, 0.05) is 5.39 Å². The van der Waals surface area contributed by atoms with Crippen LogP contribution >= 0.6 is 0 Å². The third kappa shape index (κ3) is 2.34. The highest BCUT2D eigenvalue weighted by molar-refractivity contribution is 6.03. The van der Waals surface area contributed by atoms with E-state index in [1.165, 1.54) is 0 Å². The van der Waals surface area contributed by atoms with Crippen LogP contribution in [0.4, 0.5) is 0 Å². The molecular formula is C19H14N2O4. The first-order valence-corrected chi connectivity index (χ1v) is 7.95. The van der Waals surface area contributed by atoms with Crippen LogP contribution in [0.3, 0.4) is 0 Å². The third-order valence-corrected chi connectivity index (χ3v) is 4.11. The Hall–Kier alpha value is -3.28. The average Bonchev–Trinajstić information content (AvgIpc) is 3.23. The minimum Gasteiger partial charge on any atom is -0.470 e. The zero-order valence-corrected chi connectivity index (χ0v) is 13.5. The molecule has 0 radical (unpaired) electrons. The first-order chi connectivity index (χ1) is 12.3. The van der Waals surface area contributed by atoms with Gasteiger partial charge in [-0.1, -0.05) is 18.2 Å². The van der Waals surface area contributed by atoms with Crippen LogP contribution in [0.15, 0.2) is 46.9 Å². The smallest absolute Gasteiger partial charge is 0.262 e. The molecule has 1 aliphatic heterocycles. The largest absolute Gasteiger partial charge is 0.470 e. The van der Waals surface area contributed by atoms with E-state index in [-0.39, 0.29) is 6.79 Å². The van der Waals surface area contributed by atoms with Gasteiger partial charge in [-0.3, -0.25) is 0 Å². The van der Waals surface area contributed by atoms with Crippen LogP contribution in [-0.4, -0.2) is 16.8 Å². The van der Waals surface area contributed by atoms with Gasteiger partial charge >= 0.3 is 0 Å². The molecule has 0 amide bonds. The van der Waals surface area contributed by atoms with Crippen molar-refractivity contribution in [2.75, 3.05) is 6.79 Å². The third-order valence-electron chi connectivity index (χ3n) is 4.11. The Bertz CT molecular complexity index is 1100. The molecule has 0 atom stereocenters. The number of aryl methyl sites for hydroxylation is 1. The van der Waals surface area contributed by atoms with E-state index in [0.29, 0.717) is 23.9 Å². The molecule has 4 aromatic rings. The van der Waals surface area contributed by atoms with Crippen molar-refractivity contribution >= 4 is 22.1 Å². The summed E-state index contributed by atoms with van der Waals surface area (Å²) in [5, 5.41) is 0.955. The number of fused-ring (bicyclic) bond motifs is 4. The number of nitrogens with zero attached hydrogens (tertiary/aromatic N) is 2. The number of rotatable bonds is 3. The van der Waals surface area contributed by atoms with E-state index < -0.39 is 0 Å². The zero-order chi connectivity index (χ0) is 16.8. The molecule has 0 spiro atoms. The highest BCUT2D eigenvalue weighted by atomic mass is 16.7. The van der Waals surface area contributed by atoms with Crippen LogP contribution in [0.5, 0.6) is 17.4 Å². The lowest BCUT2D eigenvalue weighted by molar-refractivity contribution is 0.174. The van der Waals surface area contributed by atoms with E-state index in [0.717, 1.165) is 33.5 Å². The molecule has 0 saturated heterocycles. The highest BCUT2D eigenvalue weighted by Gasteiger charge is 2.17. The van der Waals surface area contributed by atoms with Gasteiger partial charge < -0.3 is 18.6 Å². The molecule has 0 N–H and O–H groups in total. The highest BCUT2D eigenvalue weighted by Crippen LogP contribution is 2.34. The number of hydrogen-bond donors (Lipinski definition) is 0. The number of benzene rings is 2. The second-order valence-electron chi connectivity index (χ2n) is 5.83. The van der Waals surface area contributed by atoms with Crippen molar-refractivity contribution in [2.45, 2.75) is 13.5 Å². The Morgan fingerprint density at radius 2 is 1.92 bits per heavy atom. The topological polar surface area (TPSA) is 66.6 Å². The first-order valence-electron chi connectivity index (χ1n) is 7.95. The number of furan rings is 1. The van der Waals surface area contributed by atoms with E-state index in [1.807, 2.05) is 49.4 Å². The normalized spacial score (nSPS) is 12.8. The molecule has 0 fully saturated rings. The van der Waals surface area contributed by atoms with Gasteiger partial charge in [-0.05, 0) is 36.8 Å². The molecule has 2 aromatic carbocycles. The Morgan fingerprint density at radius 3 is 2.88 bits per heavy atom.